The summed E-state index contributed by atoms with van der Waals surface area (Å²) in [6.07, 6.45) is 18.6. The summed E-state index contributed by atoms with van der Waals surface area (Å²) in [5, 5.41) is 13.5. The first kappa shape index (κ1) is 50.5. The van der Waals surface area contributed by atoms with E-state index in [4.69, 9.17) is 9.72 Å². The van der Waals surface area contributed by atoms with Crippen molar-refractivity contribution in [3.8, 4) is 0 Å². The summed E-state index contributed by atoms with van der Waals surface area (Å²) in [6, 6.07) is 9.16. The molecule has 1 atom stereocenters. The third-order valence-electron chi connectivity index (χ3n) is 16.8. The summed E-state index contributed by atoms with van der Waals surface area (Å²) in [7, 11) is 1.85. The molecule has 4 amide bonds. The van der Waals surface area contributed by atoms with Gasteiger partial charge in [0.1, 0.15) is 11.4 Å². The zero-order valence-electron chi connectivity index (χ0n) is 42.4. The molecule has 4 saturated heterocycles. The Labute approximate surface area is 419 Å². The minimum atomic E-state index is -0.433. The maximum absolute atomic E-state index is 13.8. The van der Waals surface area contributed by atoms with E-state index in [1.54, 1.807) is 24.7 Å². The minimum Gasteiger partial charge on any atom is -0.462 e. The quantitative estimate of drug-likeness (QED) is 0.110. The number of carbonyl (C=O) groups is 5. The second-order valence-electron chi connectivity index (χ2n) is 21.4. The Kier molecular flexibility index (Phi) is 16.7. The Morgan fingerprint density at radius 1 is 0.761 bits per heavy atom. The van der Waals surface area contributed by atoms with Crippen molar-refractivity contribution in [3.05, 3.63) is 59.0 Å². The molecule has 9 rings (SSSR count). The van der Waals surface area contributed by atoms with Gasteiger partial charge in [-0.15, -0.1) is 0 Å². The van der Waals surface area contributed by atoms with E-state index in [1.807, 2.05) is 13.2 Å². The molecule has 6 heterocycles. The molecule has 71 heavy (non-hydrogen) atoms. The van der Waals surface area contributed by atoms with Gasteiger partial charge in [-0.25, -0.2) is 9.78 Å². The van der Waals surface area contributed by atoms with E-state index in [-0.39, 0.29) is 48.1 Å². The Morgan fingerprint density at radius 2 is 1.41 bits per heavy atom. The van der Waals surface area contributed by atoms with Crippen LogP contribution in [0.15, 0.2) is 36.7 Å². The number of rotatable bonds is 15. The van der Waals surface area contributed by atoms with Gasteiger partial charge in [0, 0.05) is 82.9 Å². The summed E-state index contributed by atoms with van der Waals surface area (Å²) in [4.78, 5) is 83.1. The predicted octanol–water partition coefficient (Wildman–Crippen LogP) is 6.53. The average molecular weight is 976 g/mol. The van der Waals surface area contributed by atoms with E-state index in [0.29, 0.717) is 59.7 Å². The number of aryl methyl sites for hydroxylation is 2. The molecule has 0 bridgehead atoms. The molecule has 1 aromatic carbocycles. The van der Waals surface area contributed by atoms with Gasteiger partial charge in [-0.3, -0.25) is 34.1 Å². The lowest BCUT2D eigenvalue weighted by Crippen LogP contribution is -2.54. The summed E-state index contributed by atoms with van der Waals surface area (Å²) in [5.74, 6) is 1.76. The van der Waals surface area contributed by atoms with Crippen molar-refractivity contribution in [2.24, 2.45) is 24.8 Å². The fourth-order valence-corrected chi connectivity index (χ4v) is 12.5. The monoisotopic (exact) mass is 976 g/mol. The molecule has 4 aliphatic heterocycles. The van der Waals surface area contributed by atoms with Crippen LogP contribution in [0.3, 0.4) is 0 Å². The van der Waals surface area contributed by atoms with Crippen LogP contribution in [0.25, 0.3) is 0 Å². The van der Waals surface area contributed by atoms with Crippen LogP contribution < -0.4 is 16.0 Å². The number of piperidine rings is 3. The van der Waals surface area contributed by atoms with Crippen LogP contribution in [0.1, 0.15) is 149 Å². The molecular weight excluding hydrogens is 899 g/mol. The van der Waals surface area contributed by atoms with Crippen LogP contribution in [-0.2, 0) is 31.0 Å². The maximum Gasteiger partial charge on any atom is 0.343 e. The summed E-state index contributed by atoms with van der Waals surface area (Å²) >= 11 is 0. The molecular formula is C54H77N11O6. The second-order valence-corrected chi connectivity index (χ2v) is 21.4. The Bertz CT molecular complexity index is 2320. The minimum absolute atomic E-state index is 0.0204. The first-order chi connectivity index (χ1) is 34.5. The molecule has 17 nitrogen and oxygen atoms in total. The number of likely N-dealkylation sites (tertiary alicyclic amines) is 2. The van der Waals surface area contributed by atoms with Crippen LogP contribution in [-0.4, -0.2) is 147 Å². The Balaban J connectivity index is 0.638. The standard InChI is InChI=1S/C54H77N11O6/c1-4-71-53(70)48-36(2)56-54(58-44-34-55-61(3)35-44)60-49(48)57-43-15-17-45(18-16-43)63-30-32-65(33-31-63)52(69)42-13-11-41(12-14-42)51(68)64-28-21-37(22-29-64)6-5-25-62-26-23-39(24-27-62)38-7-9-40(10-8-38)46-19-20-47(66)59-50(46)67/h7-10,34-35,37,39,41-43,45-46H,4-6,11-33H2,1-3H3,(H,59,66,67)(H2,56,57,58,60). The van der Waals surface area contributed by atoms with E-state index in [9.17, 15) is 24.0 Å². The van der Waals surface area contributed by atoms with Crippen molar-refractivity contribution in [1.29, 1.82) is 0 Å². The molecule has 0 spiro atoms. The van der Waals surface area contributed by atoms with Crippen molar-refractivity contribution in [1.82, 2.24) is 44.7 Å². The molecule has 17 heteroatoms. The first-order valence-electron chi connectivity index (χ1n) is 27.0. The third-order valence-corrected chi connectivity index (χ3v) is 16.8. The molecule has 3 N–H and O–H groups in total. The topological polar surface area (TPSA) is 187 Å². The van der Waals surface area contributed by atoms with Crippen molar-refractivity contribution in [2.75, 3.05) is 76.1 Å². The number of nitrogens with one attached hydrogen (secondary N) is 3. The van der Waals surface area contributed by atoms with Crippen molar-refractivity contribution < 1.29 is 28.7 Å². The molecule has 2 aliphatic carbocycles. The number of carbonyl (C=O) groups excluding carboxylic acids is 5. The highest BCUT2D eigenvalue weighted by Crippen LogP contribution is 2.36. The van der Waals surface area contributed by atoms with Crippen molar-refractivity contribution in [2.45, 2.75) is 141 Å². The summed E-state index contributed by atoms with van der Waals surface area (Å²) in [5.41, 5.74) is 4.02. The van der Waals surface area contributed by atoms with E-state index in [2.05, 4.69) is 69.9 Å². The largest absolute Gasteiger partial charge is 0.462 e. The van der Waals surface area contributed by atoms with E-state index >= 15 is 0 Å². The highest BCUT2D eigenvalue weighted by molar-refractivity contribution is 6.01. The van der Waals surface area contributed by atoms with E-state index < -0.39 is 5.97 Å². The number of benzene rings is 1. The van der Waals surface area contributed by atoms with E-state index in [0.717, 1.165) is 147 Å². The lowest BCUT2D eigenvalue weighted by atomic mass is 9.80. The first-order valence-corrected chi connectivity index (χ1v) is 27.0. The van der Waals surface area contributed by atoms with Crippen LogP contribution >= 0.6 is 0 Å². The van der Waals surface area contributed by atoms with Crippen molar-refractivity contribution >= 4 is 47.1 Å². The third kappa shape index (κ3) is 12.6. The molecule has 6 aliphatic rings. The van der Waals surface area contributed by atoms with Gasteiger partial charge in [0.25, 0.3) is 0 Å². The lowest BCUT2D eigenvalue weighted by molar-refractivity contribution is -0.143. The van der Waals surface area contributed by atoms with Gasteiger partial charge in [-0.2, -0.15) is 10.1 Å². The highest BCUT2D eigenvalue weighted by atomic mass is 16.5. The van der Waals surface area contributed by atoms with Gasteiger partial charge in [-0.1, -0.05) is 24.3 Å². The maximum atomic E-state index is 13.8. The number of aromatic nitrogens is 4. The number of esters is 1. The number of imide groups is 1. The molecule has 3 aromatic rings. The molecule has 1 unspecified atom stereocenters. The van der Waals surface area contributed by atoms with Gasteiger partial charge in [0.05, 0.1) is 30.1 Å². The van der Waals surface area contributed by atoms with Gasteiger partial charge < -0.3 is 30.1 Å². The molecule has 6 fully saturated rings. The number of ether oxygens (including phenoxy) is 1. The van der Waals surface area contributed by atoms with Crippen LogP contribution in [0.2, 0.25) is 0 Å². The molecule has 0 radical (unpaired) electrons. The number of hydrogen-bond donors (Lipinski definition) is 3. The predicted molar refractivity (Wildman–Crippen MR) is 271 cm³/mol. The summed E-state index contributed by atoms with van der Waals surface area (Å²) in [6.45, 7) is 12.2. The fourth-order valence-electron chi connectivity index (χ4n) is 12.5. The second kappa shape index (κ2) is 23.4. The summed E-state index contributed by atoms with van der Waals surface area (Å²) < 4.78 is 7.09. The molecule has 384 valence electrons. The zero-order valence-corrected chi connectivity index (χ0v) is 42.4. The number of anilines is 3. The zero-order chi connectivity index (χ0) is 49.4. The molecule has 2 saturated carbocycles. The Hall–Kier alpha value is -5.42. The average Bonchev–Trinajstić information content (AvgIpc) is 3.80. The van der Waals surface area contributed by atoms with E-state index in [1.165, 1.54) is 18.4 Å². The normalized spacial score (nSPS) is 25.4. The van der Waals surface area contributed by atoms with Crippen LogP contribution in [0.5, 0.6) is 0 Å². The van der Waals surface area contributed by atoms with Crippen molar-refractivity contribution in [3.63, 3.8) is 0 Å². The number of hydrogen-bond acceptors (Lipinski definition) is 13. The SMILES string of the molecule is CCOC(=O)c1c(C)nc(Nc2cnn(C)c2)nc1NC1CCC(N2CCN(C(=O)C3CCC(C(=O)N4CCC(CCCN5CCC(c6ccc(C7CCC(=O)NC7=O)cc6)CC5)CC4)CC3)CC2)CC1. The number of nitrogens with zero attached hydrogens (tertiary/aromatic N) is 8. The van der Waals surface area contributed by atoms with Gasteiger partial charge in [0.15, 0.2) is 0 Å². The lowest BCUT2D eigenvalue weighted by Gasteiger charge is -2.43. The van der Waals surface area contributed by atoms with Crippen LogP contribution in [0.4, 0.5) is 17.5 Å². The number of piperazine rings is 1. The number of amides is 4. The van der Waals surface area contributed by atoms with Crippen LogP contribution in [0, 0.1) is 24.7 Å². The smallest absolute Gasteiger partial charge is 0.343 e. The highest BCUT2D eigenvalue weighted by Gasteiger charge is 2.37. The molecule has 2 aromatic heterocycles. The van der Waals surface area contributed by atoms with Gasteiger partial charge >= 0.3 is 5.97 Å². The van der Waals surface area contributed by atoms with Gasteiger partial charge in [0.2, 0.25) is 29.6 Å². The fraction of sp³-hybridized carbons (Fsp3) is 0.667. The Morgan fingerprint density at radius 3 is 2.03 bits per heavy atom. The van der Waals surface area contributed by atoms with Gasteiger partial charge in [-0.05, 0) is 153 Å².